The first kappa shape index (κ1) is 22.3. The zero-order valence-electron chi connectivity index (χ0n) is 17.5. The maximum absolute atomic E-state index is 12.4. The van der Waals surface area contributed by atoms with Gasteiger partial charge in [0, 0.05) is 28.1 Å². The smallest absolute Gasteiger partial charge is 0.226 e. The van der Waals surface area contributed by atoms with Gasteiger partial charge < -0.3 is 14.2 Å². The van der Waals surface area contributed by atoms with E-state index < -0.39 is 0 Å². The molecular formula is C23H16ClN5O3S2. The molecule has 8 nitrogen and oxygen atoms in total. The number of furan rings is 2. The molecule has 0 radical (unpaired) electrons. The van der Waals surface area contributed by atoms with Crippen molar-refractivity contribution < 1.29 is 13.6 Å². The van der Waals surface area contributed by atoms with Crippen LogP contribution in [-0.4, -0.2) is 31.8 Å². The highest BCUT2D eigenvalue weighted by molar-refractivity contribution is 7.99. The lowest BCUT2D eigenvalue weighted by atomic mass is 10.2. The average Bonchev–Trinajstić information content (AvgIpc) is 3.62. The van der Waals surface area contributed by atoms with Crippen LogP contribution in [0.1, 0.15) is 6.42 Å². The van der Waals surface area contributed by atoms with Crippen LogP contribution in [-0.2, 0) is 4.79 Å². The van der Waals surface area contributed by atoms with Crippen LogP contribution < -0.4 is 5.32 Å². The highest BCUT2D eigenvalue weighted by Gasteiger charge is 2.18. The molecule has 0 unspecified atom stereocenters. The minimum atomic E-state index is -0.154. The van der Waals surface area contributed by atoms with E-state index in [1.54, 1.807) is 42.9 Å². The molecule has 0 fully saturated rings. The number of carbonyl (C=O) groups is 1. The summed E-state index contributed by atoms with van der Waals surface area (Å²) in [6.07, 6.45) is 3.38. The third-order valence-corrected chi connectivity index (χ3v) is 6.56. The third kappa shape index (κ3) is 5.04. The van der Waals surface area contributed by atoms with Gasteiger partial charge in [0.05, 0.1) is 18.2 Å². The number of aromatic nitrogens is 4. The molecule has 0 atom stereocenters. The van der Waals surface area contributed by atoms with E-state index in [9.17, 15) is 4.79 Å². The molecule has 0 bridgehead atoms. The molecule has 11 heteroatoms. The lowest BCUT2D eigenvalue weighted by Gasteiger charge is -2.05. The number of rotatable bonds is 8. The van der Waals surface area contributed by atoms with Crippen molar-refractivity contribution in [3.63, 3.8) is 0 Å². The van der Waals surface area contributed by atoms with Crippen LogP contribution in [0.5, 0.6) is 0 Å². The second-order valence-corrected chi connectivity index (χ2v) is 9.24. The maximum atomic E-state index is 12.4. The summed E-state index contributed by atoms with van der Waals surface area (Å²) in [5, 5.41) is 14.7. The number of hydrogen-bond acceptors (Lipinski definition) is 9. The fourth-order valence-electron chi connectivity index (χ4n) is 3.08. The molecule has 4 aromatic heterocycles. The van der Waals surface area contributed by atoms with Crippen molar-refractivity contribution in [1.29, 1.82) is 0 Å². The fourth-order valence-corrected chi connectivity index (χ4v) is 4.76. The minimum Gasteiger partial charge on any atom is -0.463 e. The molecular weight excluding hydrogens is 494 g/mol. The Hall–Kier alpha value is -3.47. The van der Waals surface area contributed by atoms with Crippen molar-refractivity contribution in [2.75, 3.05) is 11.1 Å². The summed E-state index contributed by atoms with van der Waals surface area (Å²) in [6, 6.07) is 14.6. The molecule has 170 valence electrons. The van der Waals surface area contributed by atoms with Gasteiger partial charge in [0.15, 0.2) is 22.3 Å². The molecule has 0 aliphatic heterocycles. The quantitative estimate of drug-likeness (QED) is 0.243. The number of hydrogen-bond donors (Lipinski definition) is 1. The van der Waals surface area contributed by atoms with Crippen LogP contribution in [0.2, 0.25) is 5.02 Å². The topological polar surface area (TPSA) is 107 Å². The van der Waals surface area contributed by atoms with E-state index in [0.29, 0.717) is 44.0 Å². The van der Waals surface area contributed by atoms with E-state index in [2.05, 4.69) is 25.5 Å². The van der Waals surface area contributed by atoms with Gasteiger partial charge in [-0.05, 0) is 30.3 Å². The number of anilines is 1. The van der Waals surface area contributed by atoms with Crippen molar-refractivity contribution >= 4 is 45.7 Å². The highest BCUT2D eigenvalue weighted by Crippen LogP contribution is 2.31. The summed E-state index contributed by atoms with van der Waals surface area (Å²) < 4.78 is 11.0. The molecule has 1 N–H and O–H groups in total. The molecule has 4 heterocycles. The molecule has 1 amide bonds. The average molecular weight is 510 g/mol. The van der Waals surface area contributed by atoms with Gasteiger partial charge in [0.2, 0.25) is 11.1 Å². The first-order chi connectivity index (χ1) is 16.7. The second kappa shape index (κ2) is 10.2. The molecule has 1 aromatic carbocycles. The molecule has 34 heavy (non-hydrogen) atoms. The number of carbonyl (C=O) groups excluding carboxylic acids is 1. The number of amides is 1. The number of thiazole rings is 1. The van der Waals surface area contributed by atoms with E-state index in [1.165, 1.54) is 23.1 Å². The molecule has 0 spiro atoms. The lowest BCUT2D eigenvalue weighted by Crippen LogP contribution is -2.12. The van der Waals surface area contributed by atoms with E-state index in [4.69, 9.17) is 20.4 Å². The van der Waals surface area contributed by atoms with E-state index in [1.807, 2.05) is 23.6 Å². The summed E-state index contributed by atoms with van der Waals surface area (Å²) in [6.45, 7) is 0. The molecule has 0 saturated heterocycles. The van der Waals surface area contributed by atoms with Crippen LogP contribution in [0.4, 0.5) is 5.13 Å². The zero-order valence-corrected chi connectivity index (χ0v) is 19.9. The van der Waals surface area contributed by atoms with Gasteiger partial charge in [0.1, 0.15) is 5.69 Å². The first-order valence-electron chi connectivity index (χ1n) is 10.1. The number of nitrogens with one attached hydrogen (secondary N) is 1. The van der Waals surface area contributed by atoms with Gasteiger partial charge >= 0.3 is 0 Å². The highest BCUT2D eigenvalue weighted by atomic mass is 35.5. The Bertz CT molecular complexity index is 1400. The van der Waals surface area contributed by atoms with Gasteiger partial charge in [-0.3, -0.25) is 4.79 Å². The van der Waals surface area contributed by atoms with Gasteiger partial charge in [0.25, 0.3) is 0 Å². The summed E-state index contributed by atoms with van der Waals surface area (Å²) in [7, 11) is 0. The van der Waals surface area contributed by atoms with Gasteiger partial charge in [-0.1, -0.05) is 41.6 Å². The lowest BCUT2D eigenvalue weighted by molar-refractivity contribution is -0.115. The standard InChI is InChI=1S/C23H16ClN5O3S2/c24-15-6-2-1-5-14(15)16-13-34-22(25-16)26-19(30)9-12-33-23-27-20(17-7-3-10-31-17)21(28-29-23)18-8-4-11-32-18/h1-8,10-11,13H,9,12H2,(H,25,26,30). The molecule has 0 aliphatic rings. The Morgan fingerprint density at radius 2 is 1.74 bits per heavy atom. The van der Waals surface area contributed by atoms with Crippen molar-refractivity contribution in [3.05, 3.63) is 71.5 Å². The fraction of sp³-hybridized carbons (Fsp3) is 0.0870. The maximum Gasteiger partial charge on any atom is 0.226 e. The van der Waals surface area contributed by atoms with E-state index in [-0.39, 0.29) is 12.3 Å². The zero-order chi connectivity index (χ0) is 23.3. The third-order valence-electron chi connectivity index (χ3n) is 4.64. The normalized spacial score (nSPS) is 11.0. The van der Waals surface area contributed by atoms with Crippen molar-refractivity contribution in [1.82, 2.24) is 20.2 Å². The Morgan fingerprint density at radius 1 is 0.971 bits per heavy atom. The van der Waals surface area contributed by atoms with Gasteiger partial charge in [-0.25, -0.2) is 9.97 Å². The summed E-state index contributed by atoms with van der Waals surface area (Å²) in [5.74, 6) is 1.41. The minimum absolute atomic E-state index is 0.154. The number of benzene rings is 1. The van der Waals surface area contributed by atoms with E-state index >= 15 is 0 Å². The molecule has 0 saturated carbocycles. The van der Waals surface area contributed by atoms with Crippen LogP contribution >= 0.6 is 34.7 Å². The van der Waals surface area contributed by atoms with Crippen molar-refractivity contribution in [3.8, 4) is 34.2 Å². The Morgan fingerprint density at radius 3 is 2.47 bits per heavy atom. The van der Waals surface area contributed by atoms with Gasteiger partial charge in [-0.2, -0.15) is 0 Å². The number of nitrogens with zero attached hydrogens (tertiary/aromatic N) is 4. The monoisotopic (exact) mass is 509 g/mol. The predicted molar refractivity (Wildman–Crippen MR) is 132 cm³/mol. The largest absolute Gasteiger partial charge is 0.463 e. The van der Waals surface area contributed by atoms with Crippen LogP contribution in [0, 0.1) is 0 Å². The van der Waals surface area contributed by atoms with Gasteiger partial charge in [-0.15, -0.1) is 21.5 Å². The van der Waals surface area contributed by atoms with Crippen LogP contribution in [0.15, 0.2) is 80.4 Å². The van der Waals surface area contributed by atoms with Crippen molar-refractivity contribution in [2.45, 2.75) is 11.6 Å². The van der Waals surface area contributed by atoms with E-state index in [0.717, 1.165) is 11.3 Å². The number of thioether (sulfide) groups is 1. The summed E-state index contributed by atoms with van der Waals surface area (Å²) in [4.78, 5) is 21.5. The van der Waals surface area contributed by atoms with Crippen LogP contribution in [0.25, 0.3) is 34.2 Å². The molecule has 0 aliphatic carbocycles. The number of halogens is 1. The molecule has 5 aromatic rings. The Kier molecular flexibility index (Phi) is 6.70. The Labute approximate surface area is 207 Å². The Balaban J connectivity index is 1.21. The first-order valence-corrected chi connectivity index (χ1v) is 12.4. The molecule has 5 rings (SSSR count). The predicted octanol–water partition coefficient (Wildman–Crippen LogP) is 6.29. The summed E-state index contributed by atoms with van der Waals surface area (Å²) in [5.41, 5.74) is 2.56. The SMILES string of the molecule is O=C(CCSc1nnc(-c2ccco2)c(-c2ccco2)n1)Nc1nc(-c2ccccc2Cl)cs1. The van der Waals surface area contributed by atoms with Crippen molar-refractivity contribution in [2.24, 2.45) is 0 Å². The second-order valence-electron chi connectivity index (χ2n) is 6.91. The van der Waals surface area contributed by atoms with Crippen LogP contribution in [0.3, 0.4) is 0 Å². The summed E-state index contributed by atoms with van der Waals surface area (Å²) >= 11 is 8.91.